The van der Waals surface area contributed by atoms with Crippen molar-refractivity contribution in [2.75, 3.05) is 25.0 Å². The van der Waals surface area contributed by atoms with E-state index in [-0.39, 0.29) is 0 Å². The average molecular weight is 430 g/mol. The quantitative estimate of drug-likeness (QED) is 0.621. The minimum absolute atomic E-state index is 0.465. The van der Waals surface area contributed by atoms with Gasteiger partial charge < -0.3 is 10.2 Å². The fourth-order valence-electron chi connectivity index (χ4n) is 4.76. The Kier molecular flexibility index (Phi) is 6.43. The third-order valence-electron chi connectivity index (χ3n) is 6.34. The van der Waals surface area contributed by atoms with Crippen molar-refractivity contribution >= 4 is 34.7 Å². The van der Waals surface area contributed by atoms with Crippen LogP contribution >= 0.6 is 23.4 Å². The normalized spacial score (nSPS) is 21.3. The molecule has 0 radical (unpaired) electrons. The standard InChI is InChI=1S/C24H32ClN3S/c1-24(2)12-4-5-19(15-24)29-22-9-7-18(16-27-22)28(3)23-20-11-14-26-13-10-17(20)6-8-21(23)25/h6-9,16,19,26H,4-5,10-15H2,1-3H3. The number of anilines is 2. The van der Waals surface area contributed by atoms with Gasteiger partial charge in [0.2, 0.25) is 0 Å². The van der Waals surface area contributed by atoms with Crippen LogP contribution in [0.25, 0.3) is 0 Å². The van der Waals surface area contributed by atoms with Gasteiger partial charge in [0.15, 0.2) is 0 Å². The molecule has 1 aromatic carbocycles. The number of fused-ring (bicyclic) bond motifs is 1. The Morgan fingerprint density at radius 2 is 2.00 bits per heavy atom. The molecule has 1 saturated carbocycles. The molecule has 0 bridgehead atoms. The molecule has 4 rings (SSSR count). The van der Waals surface area contributed by atoms with Crippen LogP contribution in [0, 0.1) is 5.41 Å². The summed E-state index contributed by atoms with van der Waals surface area (Å²) in [6, 6.07) is 8.59. The molecule has 1 unspecified atom stereocenters. The van der Waals surface area contributed by atoms with Crippen LogP contribution < -0.4 is 10.2 Å². The molecule has 1 N–H and O–H groups in total. The topological polar surface area (TPSA) is 28.2 Å². The number of nitrogens with one attached hydrogen (secondary N) is 1. The third-order valence-corrected chi connectivity index (χ3v) is 7.87. The van der Waals surface area contributed by atoms with E-state index in [2.05, 4.69) is 49.3 Å². The molecule has 2 aromatic rings. The maximum Gasteiger partial charge on any atom is 0.0964 e. The van der Waals surface area contributed by atoms with Gasteiger partial charge in [0.05, 0.1) is 27.6 Å². The molecule has 1 aliphatic heterocycles. The van der Waals surface area contributed by atoms with Crippen LogP contribution in [0.2, 0.25) is 5.02 Å². The molecule has 5 heteroatoms. The lowest BCUT2D eigenvalue weighted by atomic mass is 9.77. The number of benzene rings is 1. The maximum absolute atomic E-state index is 6.66. The van der Waals surface area contributed by atoms with E-state index in [0.29, 0.717) is 10.7 Å². The zero-order valence-electron chi connectivity index (χ0n) is 17.8. The maximum atomic E-state index is 6.66. The van der Waals surface area contributed by atoms with Crippen molar-refractivity contribution < 1.29 is 0 Å². The molecular weight excluding hydrogens is 398 g/mol. The number of nitrogens with zero attached hydrogens (tertiary/aromatic N) is 2. The second-order valence-corrected chi connectivity index (χ2v) is 10.9. The SMILES string of the molecule is CN(c1ccc(SC2CCCC(C)(C)C2)nc1)c1c(Cl)ccc2c1CCNCC2. The van der Waals surface area contributed by atoms with Gasteiger partial charge in [0, 0.05) is 12.3 Å². The Balaban J connectivity index is 1.52. The van der Waals surface area contributed by atoms with Gasteiger partial charge in [-0.1, -0.05) is 37.9 Å². The summed E-state index contributed by atoms with van der Waals surface area (Å²) in [5.41, 5.74) is 5.45. The minimum atomic E-state index is 0.465. The first-order chi connectivity index (χ1) is 13.9. The summed E-state index contributed by atoms with van der Waals surface area (Å²) in [4.78, 5) is 7.00. The average Bonchev–Trinajstić information content (AvgIpc) is 2.93. The van der Waals surface area contributed by atoms with Gasteiger partial charge in [0.1, 0.15) is 0 Å². The monoisotopic (exact) mass is 429 g/mol. The van der Waals surface area contributed by atoms with Crippen molar-refractivity contribution in [3.8, 4) is 0 Å². The number of thioether (sulfide) groups is 1. The van der Waals surface area contributed by atoms with E-state index in [9.17, 15) is 0 Å². The zero-order valence-corrected chi connectivity index (χ0v) is 19.4. The first kappa shape index (κ1) is 21.0. The minimum Gasteiger partial charge on any atom is -0.342 e. The molecule has 0 amide bonds. The molecule has 1 aliphatic carbocycles. The van der Waals surface area contributed by atoms with Crippen molar-refractivity contribution in [3.63, 3.8) is 0 Å². The second kappa shape index (κ2) is 8.87. The predicted molar refractivity (Wildman–Crippen MR) is 126 cm³/mol. The van der Waals surface area contributed by atoms with Gasteiger partial charge >= 0.3 is 0 Å². The molecule has 156 valence electrons. The Morgan fingerprint density at radius 1 is 1.17 bits per heavy atom. The molecule has 2 heterocycles. The molecule has 1 fully saturated rings. The highest BCUT2D eigenvalue weighted by molar-refractivity contribution is 7.99. The highest BCUT2D eigenvalue weighted by atomic mass is 35.5. The number of pyridine rings is 1. The van der Waals surface area contributed by atoms with E-state index >= 15 is 0 Å². The highest BCUT2D eigenvalue weighted by Gasteiger charge is 2.28. The van der Waals surface area contributed by atoms with E-state index in [4.69, 9.17) is 16.6 Å². The Bertz CT molecular complexity index is 850. The van der Waals surface area contributed by atoms with Crippen LogP contribution in [-0.2, 0) is 12.8 Å². The largest absolute Gasteiger partial charge is 0.342 e. The fourth-order valence-corrected chi connectivity index (χ4v) is 6.48. The third kappa shape index (κ3) is 4.92. The van der Waals surface area contributed by atoms with E-state index in [1.165, 1.54) is 36.8 Å². The summed E-state index contributed by atoms with van der Waals surface area (Å²) in [6.45, 7) is 6.82. The van der Waals surface area contributed by atoms with Crippen LogP contribution in [0.4, 0.5) is 11.4 Å². The van der Waals surface area contributed by atoms with E-state index in [1.807, 2.05) is 24.0 Å². The van der Waals surface area contributed by atoms with Gasteiger partial charge in [-0.2, -0.15) is 0 Å². The predicted octanol–water partition coefficient (Wildman–Crippen LogP) is 6.25. The zero-order chi connectivity index (χ0) is 20.4. The van der Waals surface area contributed by atoms with Crippen molar-refractivity contribution in [2.24, 2.45) is 5.41 Å². The van der Waals surface area contributed by atoms with Gasteiger partial charge in [0.25, 0.3) is 0 Å². The van der Waals surface area contributed by atoms with Crippen LogP contribution in [0.3, 0.4) is 0 Å². The molecular formula is C24H32ClN3S. The van der Waals surface area contributed by atoms with Gasteiger partial charge in [-0.05, 0) is 79.9 Å². The molecule has 3 nitrogen and oxygen atoms in total. The first-order valence-corrected chi connectivity index (χ1v) is 12.1. The second-order valence-electron chi connectivity index (χ2n) is 9.20. The highest BCUT2D eigenvalue weighted by Crippen LogP contribution is 2.42. The lowest BCUT2D eigenvalue weighted by Crippen LogP contribution is -2.24. The number of hydrogen-bond donors (Lipinski definition) is 1. The van der Waals surface area contributed by atoms with Gasteiger partial charge in [-0.25, -0.2) is 4.98 Å². The number of halogens is 1. The van der Waals surface area contributed by atoms with E-state index < -0.39 is 0 Å². The Labute approximate surface area is 184 Å². The summed E-state index contributed by atoms with van der Waals surface area (Å²) in [6.07, 6.45) is 9.32. The van der Waals surface area contributed by atoms with Crippen molar-refractivity contribution in [3.05, 3.63) is 46.6 Å². The van der Waals surface area contributed by atoms with Crippen LogP contribution in [0.5, 0.6) is 0 Å². The number of rotatable bonds is 4. The lowest BCUT2D eigenvalue weighted by Gasteiger charge is -2.34. The lowest BCUT2D eigenvalue weighted by molar-refractivity contribution is 0.251. The van der Waals surface area contributed by atoms with Crippen LogP contribution in [0.15, 0.2) is 35.5 Å². The molecule has 1 aromatic heterocycles. The summed E-state index contributed by atoms with van der Waals surface area (Å²) in [5.74, 6) is 0. The van der Waals surface area contributed by atoms with Crippen molar-refractivity contribution in [2.45, 2.75) is 62.6 Å². The molecule has 0 spiro atoms. The number of hydrogen-bond acceptors (Lipinski definition) is 4. The van der Waals surface area contributed by atoms with Gasteiger partial charge in [-0.3, -0.25) is 0 Å². The fraction of sp³-hybridized carbons (Fsp3) is 0.542. The molecule has 1 atom stereocenters. The first-order valence-electron chi connectivity index (χ1n) is 10.8. The van der Waals surface area contributed by atoms with Crippen molar-refractivity contribution in [1.82, 2.24) is 10.3 Å². The number of aromatic nitrogens is 1. The Hall–Kier alpha value is -1.23. The Morgan fingerprint density at radius 3 is 2.76 bits per heavy atom. The van der Waals surface area contributed by atoms with Crippen LogP contribution in [-0.4, -0.2) is 30.4 Å². The van der Waals surface area contributed by atoms with Crippen LogP contribution in [0.1, 0.15) is 50.7 Å². The molecule has 2 aliphatic rings. The smallest absolute Gasteiger partial charge is 0.0964 e. The summed E-state index contributed by atoms with van der Waals surface area (Å²) < 4.78 is 0. The summed E-state index contributed by atoms with van der Waals surface area (Å²) >= 11 is 8.61. The molecule has 0 saturated heterocycles. The van der Waals surface area contributed by atoms with Gasteiger partial charge in [-0.15, -0.1) is 11.8 Å². The summed E-state index contributed by atoms with van der Waals surface area (Å²) in [7, 11) is 2.10. The summed E-state index contributed by atoms with van der Waals surface area (Å²) in [5, 5.41) is 6.12. The molecule has 29 heavy (non-hydrogen) atoms. The van der Waals surface area contributed by atoms with E-state index in [1.54, 1.807) is 0 Å². The van der Waals surface area contributed by atoms with Crippen molar-refractivity contribution in [1.29, 1.82) is 0 Å². The van der Waals surface area contributed by atoms with E-state index in [0.717, 1.165) is 47.4 Å².